The molecule has 116 valence electrons. The Hall–Kier alpha value is -0.420. The lowest BCUT2D eigenvalue weighted by atomic mass is 10.1. The molecule has 20 heavy (non-hydrogen) atoms. The van der Waals surface area contributed by atoms with Gasteiger partial charge in [-0.15, -0.1) is 11.3 Å². The monoisotopic (exact) mass is 299 g/mol. The number of nitrogens with one attached hydrogen (secondary N) is 1. The van der Waals surface area contributed by atoms with E-state index in [1.165, 1.54) is 4.88 Å². The van der Waals surface area contributed by atoms with Crippen LogP contribution in [0.3, 0.4) is 0 Å². The summed E-state index contributed by atoms with van der Waals surface area (Å²) in [7, 11) is 0. The molecule has 1 aromatic rings. The van der Waals surface area contributed by atoms with E-state index < -0.39 is 6.10 Å². The predicted molar refractivity (Wildman–Crippen MR) is 86.4 cm³/mol. The van der Waals surface area contributed by atoms with E-state index in [-0.39, 0.29) is 6.10 Å². The molecule has 4 heteroatoms. The van der Waals surface area contributed by atoms with Crippen molar-refractivity contribution >= 4 is 11.3 Å². The highest BCUT2D eigenvalue weighted by Gasteiger charge is 2.11. The molecule has 0 radical (unpaired) electrons. The molecule has 1 rings (SSSR count). The Balaban J connectivity index is 2.11. The van der Waals surface area contributed by atoms with Gasteiger partial charge < -0.3 is 15.2 Å². The van der Waals surface area contributed by atoms with E-state index in [1.54, 1.807) is 11.3 Å². The molecule has 3 atom stereocenters. The maximum Gasteiger partial charge on any atom is 0.0897 e. The minimum Gasteiger partial charge on any atom is -0.389 e. The first-order valence-electron chi connectivity index (χ1n) is 7.52. The maximum atomic E-state index is 9.92. The Morgan fingerprint density at radius 1 is 1.30 bits per heavy atom. The van der Waals surface area contributed by atoms with Crippen LogP contribution in [-0.4, -0.2) is 36.5 Å². The van der Waals surface area contributed by atoms with Crippen molar-refractivity contribution in [3.63, 3.8) is 0 Å². The van der Waals surface area contributed by atoms with Crippen molar-refractivity contribution in [1.29, 1.82) is 0 Å². The van der Waals surface area contributed by atoms with Crippen LogP contribution >= 0.6 is 11.3 Å². The molecular weight excluding hydrogens is 270 g/mol. The second-order valence-corrected chi connectivity index (χ2v) is 7.05. The van der Waals surface area contributed by atoms with E-state index in [9.17, 15) is 5.11 Å². The number of hydrogen-bond acceptors (Lipinski definition) is 4. The molecule has 3 nitrogen and oxygen atoms in total. The molecule has 0 aromatic carbocycles. The van der Waals surface area contributed by atoms with Crippen LogP contribution in [0.25, 0.3) is 0 Å². The van der Waals surface area contributed by atoms with Gasteiger partial charge in [0, 0.05) is 17.5 Å². The summed E-state index contributed by atoms with van der Waals surface area (Å²) >= 11 is 1.78. The molecule has 2 N–H and O–H groups in total. The van der Waals surface area contributed by atoms with Crippen molar-refractivity contribution in [2.24, 2.45) is 5.92 Å². The van der Waals surface area contributed by atoms with Crippen LogP contribution in [0.1, 0.15) is 39.0 Å². The largest absolute Gasteiger partial charge is 0.389 e. The van der Waals surface area contributed by atoms with Crippen molar-refractivity contribution in [2.75, 3.05) is 13.2 Å². The Kier molecular flexibility index (Phi) is 8.38. The summed E-state index contributed by atoms with van der Waals surface area (Å²) in [4.78, 5) is 1.38. The Bertz CT molecular complexity index is 340. The van der Waals surface area contributed by atoms with E-state index in [4.69, 9.17) is 4.74 Å². The van der Waals surface area contributed by atoms with Gasteiger partial charge in [0.2, 0.25) is 0 Å². The van der Waals surface area contributed by atoms with Crippen LogP contribution in [0.5, 0.6) is 0 Å². The van der Waals surface area contributed by atoms with E-state index in [1.807, 2.05) is 0 Å². The predicted octanol–water partition coefficient (Wildman–Crippen LogP) is 3.08. The molecule has 0 bridgehead atoms. The number of rotatable bonds is 10. The van der Waals surface area contributed by atoms with Crippen LogP contribution in [0.15, 0.2) is 17.5 Å². The molecule has 0 aliphatic carbocycles. The zero-order chi connectivity index (χ0) is 15.0. The minimum atomic E-state index is -0.435. The van der Waals surface area contributed by atoms with Crippen molar-refractivity contribution in [2.45, 2.75) is 58.8 Å². The third-order valence-electron chi connectivity index (χ3n) is 3.17. The Morgan fingerprint density at radius 2 is 2.05 bits per heavy atom. The van der Waals surface area contributed by atoms with E-state index in [0.717, 1.165) is 12.8 Å². The van der Waals surface area contributed by atoms with Gasteiger partial charge >= 0.3 is 0 Å². The van der Waals surface area contributed by atoms with Crippen LogP contribution in [-0.2, 0) is 11.2 Å². The summed E-state index contributed by atoms with van der Waals surface area (Å²) in [6, 6.07) is 4.60. The Morgan fingerprint density at radius 3 is 2.65 bits per heavy atom. The number of aliphatic hydroxyl groups excluding tert-OH is 1. The Labute approximate surface area is 127 Å². The third-order valence-corrected chi connectivity index (χ3v) is 4.06. The van der Waals surface area contributed by atoms with Crippen molar-refractivity contribution < 1.29 is 9.84 Å². The van der Waals surface area contributed by atoms with Crippen LogP contribution < -0.4 is 5.32 Å². The number of hydrogen-bond donors (Lipinski definition) is 2. The smallest absolute Gasteiger partial charge is 0.0897 e. The van der Waals surface area contributed by atoms with Crippen molar-refractivity contribution in [3.05, 3.63) is 22.4 Å². The topological polar surface area (TPSA) is 41.5 Å². The molecule has 0 aliphatic heterocycles. The molecular formula is C16H29NO2S. The number of aliphatic hydroxyl groups is 1. The summed E-state index contributed by atoms with van der Waals surface area (Å²) in [5, 5.41) is 15.4. The highest BCUT2D eigenvalue weighted by molar-refractivity contribution is 7.09. The van der Waals surface area contributed by atoms with E-state index in [0.29, 0.717) is 25.1 Å². The van der Waals surface area contributed by atoms with Gasteiger partial charge in [-0.25, -0.2) is 0 Å². The zero-order valence-corrected chi connectivity index (χ0v) is 14.0. The van der Waals surface area contributed by atoms with Gasteiger partial charge in [0.25, 0.3) is 0 Å². The summed E-state index contributed by atoms with van der Waals surface area (Å²) in [5.41, 5.74) is 0. The SMILES string of the molecule is CC(C)CC(C)OCC(O)CNC(C)Cc1cccs1. The fourth-order valence-corrected chi connectivity index (χ4v) is 3.04. The van der Waals surface area contributed by atoms with Gasteiger partial charge in [-0.1, -0.05) is 19.9 Å². The normalized spacial score (nSPS) is 16.3. The molecule has 0 aliphatic rings. The van der Waals surface area contributed by atoms with Crippen LogP contribution in [0.4, 0.5) is 0 Å². The van der Waals surface area contributed by atoms with Crippen LogP contribution in [0.2, 0.25) is 0 Å². The average Bonchev–Trinajstić information content (AvgIpc) is 2.86. The van der Waals surface area contributed by atoms with Crippen molar-refractivity contribution in [3.8, 4) is 0 Å². The minimum absolute atomic E-state index is 0.216. The number of thiophene rings is 1. The summed E-state index contributed by atoms with van der Waals surface area (Å²) in [6.07, 6.45) is 1.83. The van der Waals surface area contributed by atoms with Gasteiger partial charge in [-0.3, -0.25) is 0 Å². The third kappa shape index (κ3) is 8.00. The molecule has 1 aromatic heterocycles. The van der Waals surface area contributed by atoms with Crippen molar-refractivity contribution in [1.82, 2.24) is 5.32 Å². The van der Waals surface area contributed by atoms with Gasteiger partial charge in [0.1, 0.15) is 0 Å². The summed E-state index contributed by atoms with van der Waals surface area (Å²) < 4.78 is 5.66. The van der Waals surface area contributed by atoms with E-state index >= 15 is 0 Å². The highest BCUT2D eigenvalue weighted by atomic mass is 32.1. The summed E-state index contributed by atoms with van der Waals surface area (Å²) in [6.45, 7) is 9.58. The molecule has 0 fully saturated rings. The van der Waals surface area contributed by atoms with Crippen LogP contribution in [0, 0.1) is 5.92 Å². The van der Waals surface area contributed by atoms with Gasteiger partial charge in [0.05, 0.1) is 18.8 Å². The lowest BCUT2D eigenvalue weighted by Gasteiger charge is -2.20. The quantitative estimate of drug-likeness (QED) is 0.697. The molecule has 1 heterocycles. The molecule has 0 spiro atoms. The van der Waals surface area contributed by atoms with E-state index in [2.05, 4.69) is 50.5 Å². The fourth-order valence-electron chi connectivity index (χ4n) is 2.21. The standard InChI is InChI=1S/C16H29NO2S/c1-12(2)8-14(4)19-11-15(18)10-17-13(3)9-16-6-5-7-20-16/h5-7,12-15,17-18H,8-11H2,1-4H3. The van der Waals surface area contributed by atoms with Gasteiger partial charge in [-0.2, -0.15) is 0 Å². The molecule has 0 saturated carbocycles. The second kappa shape index (κ2) is 9.50. The van der Waals surface area contributed by atoms with Gasteiger partial charge in [-0.05, 0) is 44.1 Å². The lowest BCUT2D eigenvalue weighted by molar-refractivity contribution is -0.00910. The maximum absolute atomic E-state index is 9.92. The molecule has 0 saturated heterocycles. The molecule has 0 amide bonds. The zero-order valence-electron chi connectivity index (χ0n) is 13.1. The second-order valence-electron chi connectivity index (χ2n) is 6.02. The first-order valence-corrected chi connectivity index (χ1v) is 8.40. The summed E-state index contributed by atoms with van der Waals surface area (Å²) in [5.74, 6) is 0.631. The fraction of sp³-hybridized carbons (Fsp3) is 0.750. The highest BCUT2D eigenvalue weighted by Crippen LogP contribution is 2.11. The average molecular weight is 299 g/mol. The first-order chi connectivity index (χ1) is 9.47. The lowest BCUT2D eigenvalue weighted by Crippen LogP contribution is -2.37. The number of ether oxygens (including phenoxy) is 1. The van der Waals surface area contributed by atoms with Gasteiger partial charge in [0.15, 0.2) is 0 Å². The molecule has 3 unspecified atom stereocenters. The first kappa shape index (κ1) is 17.6.